The van der Waals surface area contributed by atoms with Crippen LogP contribution in [0.4, 0.5) is 5.69 Å². The standard InChI is InChI=1S/C10H7N3O/c11-5-6-1-2-7-8(12)3-4-9(14)10(7)13-6/h1-4,14H,12H2. The van der Waals surface area contributed by atoms with Crippen LogP contribution in [0.1, 0.15) is 5.69 Å². The Balaban J connectivity index is 2.89. The Labute approximate surface area is 80.2 Å². The van der Waals surface area contributed by atoms with Crippen molar-refractivity contribution in [2.24, 2.45) is 0 Å². The van der Waals surface area contributed by atoms with Crippen molar-refractivity contribution in [3.05, 3.63) is 30.0 Å². The SMILES string of the molecule is N#Cc1ccc2c(N)ccc(O)c2n1. The highest BCUT2D eigenvalue weighted by molar-refractivity contribution is 5.94. The van der Waals surface area contributed by atoms with E-state index in [0.29, 0.717) is 16.6 Å². The monoisotopic (exact) mass is 185 g/mol. The minimum absolute atomic E-state index is 0.0336. The molecular weight excluding hydrogens is 178 g/mol. The van der Waals surface area contributed by atoms with E-state index in [0.717, 1.165) is 0 Å². The van der Waals surface area contributed by atoms with Crippen molar-refractivity contribution in [1.29, 1.82) is 5.26 Å². The Morgan fingerprint density at radius 3 is 2.79 bits per heavy atom. The zero-order valence-corrected chi connectivity index (χ0v) is 7.23. The molecule has 1 aromatic heterocycles. The van der Waals surface area contributed by atoms with Crippen molar-refractivity contribution in [2.45, 2.75) is 0 Å². The van der Waals surface area contributed by atoms with E-state index in [1.807, 2.05) is 6.07 Å². The number of aromatic nitrogens is 1. The predicted octanol–water partition coefficient (Wildman–Crippen LogP) is 1.39. The van der Waals surface area contributed by atoms with E-state index < -0.39 is 0 Å². The van der Waals surface area contributed by atoms with Crippen LogP contribution in [0.3, 0.4) is 0 Å². The molecule has 0 spiro atoms. The lowest BCUT2D eigenvalue weighted by Gasteiger charge is -2.02. The molecule has 0 amide bonds. The van der Waals surface area contributed by atoms with Gasteiger partial charge in [0.1, 0.15) is 23.0 Å². The fourth-order valence-electron chi connectivity index (χ4n) is 1.29. The summed E-state index contributed by atoms with van der Waals surface area (Å²) in [4.78, 5) is 3.96. The van der Waals surface area contributed by atoms with Gasteiger partial charge in [-0.3, -0.25) is 0 Å². The number of fused-ring (bicyclic) bond motifs is 1. The average molecular weight is 185 g/mol. The molecule has 0 aliphatic carbocycles. The first-order valence-electron chi connectivity index (χ1n) is 4.00. The third-order valence-electron chi connectivity index (χ3n) is 1.98. The summed E-state index contributed by atoms with van der Waals surface area (Å²) in [6.07, 6.45) is 0. The van der Waals surface area contributed by atoms with Crippen LogP contribution in [0, 0.1) is 11.3 Å². The number of hydrogen-bond acceptors (Lipinski definition) is 4. The van der Waals surface area contributed by atoms with Crippen LogP contribution in [-0.2, 0) is 0 Å². The van der Waals surface area contributed by atoms with Crippen LogP contribution in [0.25, 0.3) is 10.9 Å². The summed E-state index contributed by atoms with van der Waals surface area (Å²) in [6.45, 7) is 0. The van der Waals surface area contributed by atoms with Crippen LogP contribution < -0.4 is 5.73 Å². The van der Waals surface area contributed by atoms with E-state index in [4.69, 9.17) is 11.0 Å². The smallest absolute Gasteiger partial charge is 0.142 e. The minimum atomic E-state index is 0.0336. The summed E-state index contributed by atoms with van der Waals surface area (Å²) in [5.41, 5.74) is 6.85. The van der Waals surface area contributed by atoms with Gasteiger partial charge in [-0.15, -0.1) is 0 Å². The molecular formula is C10H7N3O. The van der Waals surface area contributed by atoms with E-state index in [1.54, 1.807) is 18.2 Å². The molecule has 2 rings (SSSR count). The van der Waals surface area contributed by atoms with Crippen molar-refractivity contribution in [1.82, 2.24) is 4.98 Å². The number of benzene rings is 1. The van der Waals surface area contributed by atoms with Crippen molar-refractivity contribution in [2.75, 3.05) is 5.73 Å². The summed E-state index contributed by atoms with van der Waals surface area (Å²) >= 11 is 0. The zero-order chi connectivity index (χ0) is 10.1. The molecule has 0 aliphatic rings. The molecule has 0 fully saturated rings. The first-order chi connectivity index (χ1) is 6.72. The molecule has 0 atom stereocenters. The molecule has 68 valence electrons. The van der Waals surface area contributed by atoms with Crippen molar-refractivity contribution < 1.29 is 5.11 Å². The Morgan fingerprint density at radius 1 is 1.29 bits per heavy atom. The lowest BCUT2D eigenvalue weighted by molar-refractivity contribution is 0.480. The fraction of sp³-hybridized carbons (Fsp3) is 0. The van der Waals surface area contributed by atoms with Crippen molar-refractivity contribution in [3.8, 4) is 11.8 Å². The molecule has 1 heterocycles. The van der Waals surface area contributed by atoms with Gasteiger partial charge in [-0.25, -0.2) is 4.98 Å². The normalized spacial score (nSPS) is 9.93. The first-order valence-corrected chi connectivity index (χ1v) is 4.00. The maximum atomic E-state index is 9.49. The van der Waals surface area contributed by atoms with Crippen molar-refractivity contribution in [3.63, 3.8) is 0 Å². The number of anilines is 1. The number of nitrogens with two attached hydrogens (primary N) is 1. The number of nitriles is 1. The quantitative estimate of drug-likeness (QED) is 0.480. The molecule has 1 aromatic carbocycles. The molecule has 4 heteroatoms. The average Bonchev–Trinajstić information content (AvgIpc) is 2.23. The predicted molar refractivity (Wildman–Crippen MR) is 52.5 cm³/mol. The van der Waals surface area contributed by atoms with E-state index in [-0.39, 0.29) is 11.4 Å². The molecule has 14 heavy (non-hydrogen) atoms. The zero-order valence-electron chi connectivity index (χ0n) is 7.23. The lowest BCUT2D eigenvalue weighted by atomic mass is 10.1. The Bertz CT molecular complexity index is 543. The Morgan fingerprint density at radius 2 is 2.07 bits per heavy atom. The minimum Gasteiger partial charge on any atom is -0.506 e. The van der Waals surface area contributed by atoms with E-state index >= 15 is 0 Å². The molecule has 4 nitrogen and oxygen atoms in total. The van der Waals surface area contributed by atoms with Crippen LogP contribution in [0.2, 0.25) is 0 Å². The highest BCUT2D eigenvalue weighted by Gasteiger charge is 2.05. The number of aromatic hydroxyl groups is 1. The van der Waals surface area contributed by atoms with Gasteiger partial charge in [-0.05, 0) is 24.3 Å². The largest absolute Gasteiger partial charge is 0.506 e. The van der Waals surface area contributed by atoms with Crippen LogP contribution in [0.15, 0.2) is 24.3 Å². The van der Waals surface area contributed by atoms with E-state index in [9.17, 15) is 5.11 Å². The van der Waals surface area contributed by atoms with Crippen LogP contribution >= 0.6 is 0 Å². The molecule has 2 aromatic rings. The Kier molecular flexibility index (Phi) is 1.72. The molecule has 0 bridgehead atoms. The maximum absolute atomic E-state index is 9.49. The summed E-state index contributed by atoms with van der Waals surface area (Å²) in [5.74, 6) is 0.0336. The van der Waals surface area contributed by atoms with E-state index in [2.05, 4.69) is 4.98 Å². The summed E-state index contributed by atoms with van der Waals surface area (Å²) in [6, 6.07) is 8.21. The second-order valence-electron chi connectivity index (χ2n) is 2.88. The number of hydrogen-bond donors (Lipinski definition) is 2. The summed E-state index contributed by atoms with van der Waals surface area (Å²) in [7, 11) is 0. The van der Waals surface area contributed by atoms with Crippen molar-refractivity contribution >= 4 is 16.6 Å². The number of pyridine rings is 1. The topological polar surface area (TPSA) is 82.9 Å². The third kappa shape index (κ3) is 1.12. The number of phenols is 1. The second-order valence-corrected chi connectivity index (χ2v) is 2.88. The van der Waals surface area contributed by atoms with Gasteiger partial charge in [-0.2, -0.15) is 5.26 Å². The highest BCUT2D eigenvalue weighted by Crippen LogP contribution is 2.27. The number of rotatable bonds is 0. The molecule has 0 saturated heterocycles. The highest BCUT2D eigenvalue weighted by atomic mass is 16.3. The first kappa shape index (κ1) is 8.32. The third-order valence-corrected chi connectivity index (χ3v) is 1.98. The number of nitrogen functional groups attached to an aromatic ring is 1. The van der Waals surface area contributed by atoms with Gasteiger partial charge in [0.15, 0.2) is 0 Å². The molecule has 3 N–H and O–H groups in total. The van der Waals surface area contributed by atoms with Gasteiger partial charge >= 0.3 is 0 Å². The molecule has 0 unspecified atom stereocenters. The van der Waals surface area contributed by atoms with Gasteiger partial charge in [0.25, 0.3) is 0 Å². The molecule has 0 saturated carbocycles. The maximum Gasteiger partial charge on any atom is 0.142 e. The summed E-state index contributed by atoms with van der Waals surface area (Å²) < 4.78 is 0. The summed E-state index contributed by atoms with van der Waals surface area (Å²) in [5, 5.41) is 18.8. The second kappa shape index (κ2) is 2.89. The van der Waals surface area contributed by atoms with Gasteiger partial charge in [-0.1, -0.05) is 0 Å². The van der Waals surface area contributed by atoms with Crippen LogP contribution in [0.5, 0.6) is 5.75 Å². The Hall–Kier alpha value is -2.28. The van der Waals surface area contributed by atoms with Gasteiger partial charge in [0.05, 0.1) is 0 Å². The van der Waals surface area contributed by atoms with E-state index in [1.165, 1.54) is 6.07 Å². The number of nitrogens with zero attached hydrogens (tertiary/aromatic N) is 2. The molecule has 0 radical (unpaired) electrons. The number of phenolic OH excluding ortho intramolecular Hbond substituents is 1. The molecule has 0 aliphatic heterocycles. The van der Waals surface area contributed by atoms with Gasteiger partial charge in [0, 0.05) is 11.1 Å². The fourth-order valence-corrected chi connectivity index (χ4v) is 1.29. The van der Waals surface area contributed by atoms with Crippen LogP contribution in [-0.4, -0.2) is 10.1 Å². The van der Waals surface area contributed by atoms with Gasteiger partial charge in [0.2, 0.25) is 0 Å². The lowest BCUT2D eigenvalue weighted by Crippen LogP contribution is -1.90. The van der Waals surface area contributed by atoms with Gasteiger partial charge < -0.3 is 10.8 Å².